The van der Waals surface area contributed by atoms with Crippen LogP contribution in [0, 0.1) is 0 Å². The van der Waals surface area contributed by atoms with E-state index in [-0.39, 0.29) is 21.4 Å². The molecule has 0 atom stereocenters. The molecule has 1 heterocycles. The van der Waals surface area contributed by atoms with Gasteiger partial charge in [0.1, 0.15) is 5.69 Å². The molecule has 0 aliphatic heterocycles. The number of carbonyl (C=O) groups excluding carboxylic acids is 1. The molecule has 7 heteroatoms. The molecule has 0 spiro atoms. The Hall–Kier alpha value is -2.70. The number of benzene rings is 2. The minimum atomic E-state index is -3.70. The highest BCUT2D eigenvalue weighted by atomic mass is 35.5. The van der Waals surface area contributed by atoms with Crippen molar-refractivity contribution in [3.05, 3.63) is 83.1 Å². The number of hydrogen-bond donors (Lipinski definition) is 1. The Morgan fingerprint density at radius 3 is 2.48 bits per heavy atom. The standard InChI is InChI=1S/C20H17ClN2O3S/c1-2-14-12-17(27(25,26)16-7-5-6-15(21)13-16)9-10-18(14)23-20(24)19-8-3-4-11-22-19/h3-13H,2H2,1H3,(H,23,24). The minimum Gasteiger partial charge on any atom is -0.320 e. The molecule has 1 aromatic heterocycles. The van der Waals surface area contributed by atoms with Crippen molar-refractivity contribution in [2.75, 3.05) is 5.32 Å². The summed E-state index contributed by atoms with van der Waals surface area (Å²) in [6.07, 6.45) is 2.09. The predicted octanol–water partition coefficient (Wildman–Crippen LogP) is 4.38. The third-order valence-corrected chi connectivity index (χ3v) is 6.00. The van der Waals surface area contributed by atoms with Crippen LogP contribution in [0.3, 0.4) is 0 Å². The Morgan fingerprint density at radius 2 is 1.81 bits per heavy atom. The average molecular weight is 401 g/mol. The molecule has 3 rings (SSSR count). The molecule has 1 amide bonds. The first-order valence-electron chi connectivity index (χ1n) is 8.28. The van der Waals surface area contributed by atoms with Crippen LogP contribution in [-0.4, -0.2) is 19.3 Å². The third-order valence-electron chi connectivity index (χ3n) is 4.02. The normalized spacial score (nSPS) is 11.2. The second kappa shape index (κ2) is 7.90. The van der Waals surface area contributed by atoms with E-state index in [9.17, 15) is 13.2 Å². The van der Waals surface area contributed by atoms with E-state index < -0.39 is 9.84 Å². The van der Waals surface area contributed by atoms with Crippen molar-refractivity contribution < 1.29 is 13.2 Å². The fourth-order valence-corrected chi connectivity index (χ4v) is 4.22. The van der Waals surface area contributed by atoms with Crippen LogP contribution in [0.2, 0.25) is 5.02 Å². The van der Waals surface area contributed by atoms with E-state index >= 15 is 0 Å². The summed E-state index contributed by atoms with van der Waals surface area (Å²) >= 11 is 5.92. The van der Waals surface area contributed by atoms with Gasteiger partial charge in [0.25, 0.3) is 5.91 Å². The van der Waals surface area contributed by atoms with Crippen LogP contribution in [0.15, 0.2) is 76.7 Å². The molecule has 138 valence electrons. The number of rotatable bonds is 5. The van der Waals surface area contributed by atoms with Crippen LogP contribution in [0.25, 0.3) is 0 Å². The minimum absolute atomic E-state index is 0.127. The number of aromatic nitrogens is 1. The molecule has 0 aliphatic rings. The molecule has 2 aromatic carbocycles. The molecule has 0 unspecified atom stereocenters. The molecule has 27 heavy (non-hydrogen) atoms. The Kier molecular flexibility index (Phi) is 5.58. The van der Waals surface area contributed by atoms with Gasteiger partial charge in [-0.3, -0.25) is 9.78 Å². The molecule has 0 saturated carbocycles. The summed E-state index contributed by atoms with van der Waals surface area (Å²) in [7, 11) is -3.70. The Bertz CT molecular complexity index is 1080. The first-order valence-corrected chi connectivity index (χ1v) is 10.1. The molecular weight excluding hydrogens is 384 g/mol. The number of sulfone groups is 1. The van der Waals surface area contributed by atoms with E-state index in [0.29, 0.717) is 22.7 Å². The molecule has 0 bridgehead atoms. The lowest BCUT2D eigenvalue weighted by atomic mass is 10.1. The zero-order chi connectivity index (χ0) is 19.4. The Balaban J connectivity index is 1.94. The molecule has 3 aromatic rings. The summed E-state index contributed by atoms with van der Waals surface area (Å²) in [5, 5.41) is 3.14. The number of carbonyl (C=O) groups is 1. The van der Waals surface area contributed by atoms with Crippen molar-refractivity contribution >= 4 is 33.0 Å². The van der Waals surface area contributed by atoms with Crippen LogP contribution in [0.1, 0.15) is 23.0 Å². The van der Waals surface area contributed by atoms with Gasteiger partial charge in [-0.25, -0.2) is 8.42 Å². The molecular formula is C20H17ClN2O3S. The van der Waals surface area contributed by atoms with Crippen LogP contribution >= 0.6 is 11.6 Å². The molecule has 0 fully saturated rings. The van der Waals surface area contributed by atoms with E-state index in [4.69, 9.17) is 11.6 Å². The third kappa shape index (κ3) is 4.18. The number of nitrogens with one attached hydrogen (secondary N) is 1. The zero-order valence-corrected chi connectivity index (χ0v) is 16.1. The number of pyridine rings is 1. The SMILES string of the molecule is CCc1cc(S(=O)(=O)c2cccc(Cl)c2)ccc1NC(=O)c1ccccn1. The van der Waals surface area contributed by atoms with Gasteiger partial charge in [-0.05, 0) is 60.5 Å². The monoisotopic (exact) mass is 400 g/mol. The van der Waals surface area contributed by atoms with Crippen LogP contribution in [0.4, 0.5) is 5.69 Å². The number of anilines is 1. The number of halogens is 1. The van der Waals surface area contributed by atoms with Crippen molar-refractivity contribution in [1.29, 1.82) is 0 Å². The van der Waals surface area contributed by atoms with E-state index in [1.54, 1.807) is 42.5 Å². The quantitative estimate of drug-likeness (QED) is 0.689. The molecule has 5 nitrogen and oxygen atoms in total. The molecule has 0 aliphatic carbocycles. The van der Waals surface area contributed by atoms with Gasteiger partial charge in [-0.1, -0.05) is 30.7 Å². The largest absolute Gasteiger partial charge is 0.320 e. The second-order valence-corrected chi connectivity index (χ2v) is 8.19. The van der Waals surface area contributed by atoms with Crippen LogP contribution < -0.4 is 5.32 Å². The fraction of sp³-hybridized carbons (Fsp3) is 0.100. The highest BCUT2D eigenvalue weighted by Gasteiger charge is 2.20. The maximum absolute atomic E-state index is 12.9. The van der Waals surface area contributed by atoms with Gasteiger partial charge in [0.2, 0.25) is 9.84 Å². The highest BCUT2D eigenvalue weighted by molar-refractivity contribution is 7.91. The van der Waals surface area contributed by atoms with Gasteiger partial charge in [-0.2, -0.15) is 0 Å². The topological polar surface area (TPSA) is 76.1 Å². The zero-order valence-electron chi connectivity index (χ0n) is 14.5. The summed E-state index contributed by atoms with van der Waals surface area (Å²) in [6.45, 7) is 1.89. The van der Waals surface area contributed by atoms with Gasteiger partial charge in [0.05, 0.1) is 9.79 Å². The Labute approximate surface area is 163 Å². The summed E-state index contributed by atoms with van der Waals surface area (Å²) in [4.78, 5) is 16.6. The summed E-state index contributed by atoms with van der Waals surface area (Å²) in [6, 6.07) is 15.8. The van der Waals surface area contributed by atoms with Crippen molar-refractivity contribution in [2.24, 2.45) is 0 Å². The molecule has 0 saturated heterocycles. The average Bonchev–Trinajstić information content (AvgIpc) is 2.68. The predicted molar refractivity (Wildman–Crippen MR) is 105 cm³/mol. The molecule has 1 N–H and O–H groups in total. The second-order valence-electron chi connectivity index (χ2n) is 5.80. The van der Waals surface area contributed by atoms with Crippen LogP contribution in [-0.2, 0) is 16.3 Å². The fourth-order valence-electron chi connectivity index (χ4n) is 2.61. The van der Waals surface area contributed by atoms with Crippen molar-refractivity contribution in [3.63, 3.8) is 0 Å². The lowest BCUT2D eigenvalue weighted by Crippen LogP contribution is -2.15. The van der Waals surface area contributed by atoms with Gasteiger partial charge < -0.3 is 5.32 Å². The number of amides is 1. The maximum atomic E-state index is 12.9. The van der Waals surface area contributed by atoms with E-state index in [0.717, 1.165) is 0 Å². The van der Waals surface area contributed by atoms with Crippen molar-refractivity contribution in [1.82, 2.24) is 4.98 Å². The summed E-state index contributed by atoms with van der Waals surface area (Å²) in [5.74, 6) is -0.351. The van der Waals surface area contributed by atoms with E-state index in [1.165, 1.54) is 24.4 Å². The Morgan fingerprint density at radius 1 is 1.04 bits per heavy atom. The van der Waals surface area contributed by atoms with Gasteiger partial charge in [0, 0.05) is 16.9 Å². The first kappa shape index (κ1) is 19.1. The maximum Gasteiger partial charge on any atom is 0.274 e. The lowest BCUT2D eigenvalue weighted by Gasteiger charge is -2.12. The van der Waals surface area contributed by atoms with Crippen LogP contribution in [0.5, 0.6) is 0 Å². The lowest BCUT2D eigenvalue weighted by molar-refractivity contribution is 0.102. The van der Waals surface area contributed by atoms with E-state index in [1.807, 2.05) is 6.92 Å². The number of hydrogen-bond acceptors (Lipinski definition) is 4. The first-order chi connectivity index (χ1) is 12.9. The van der Waals surface area contributed by atoms with E-state index in [2.05, 4.69) is 10.3 Å². The number of aryl methyl sites for hydroxylation is 1. The highest BCUT2D eigenvalue weighted by Crippen LogP contribution is 2.27. The van der Waals surface area contributed by atoms with Gasteiger partial charge in [-0.15, -0.1) is 0 Å². The van der Waals surface area contributed by atoms with Gasteiger partial charge >= 0.3 is 0 Å². The molecule has 0 radical (unpaired) electrons. The number of nitrogens with zero attached hydrogens (tertiary/aromatic N) is 1. The summed E-state index contributed by atoms with van der Waals surface area (Å²) in [5.41, 5.74) is 1.55. The van der Waals surface area contributed by atoms with Crippen molar-refractivity contribution in [2.45, 2.75) is 23.1 Å². The van der Waals surface area contributed by atoms with Gasteiger partial charge in [0.15, 0.2) is 0 Å². The smallest absolute Gasteiger partial charge is 0.274 e. The van der Waals surface area contributed by atoms with Crippen molar-refractivity contribution in [3.8, 4) is 0 Å². The summed E-state index contributed by atoms with van der Waals surface area (Å²) < 4.78 is 25.7.